The third-order valence-electron chi connectivity index (χ3n) is 2.24. The molecule has 108 valence electrons. The lowest BCUT2D eigenvalue weighted by Crippen LogP contribution is -2.12. The van der Waals surface area contributed by atoms with E-state index in [1.165, 1.54) is 0 Å². The van der Waals surface area contributed by atoms with E-state index in [1.807, 2.05) is 6.92 Å². The highest BCUT2D eigenvalue weighted by atomic mass is 35.5. The van der Waals surface area contributed by atoms with Crippen LogP contribution in [0.15, 0.2) is 12.1 Å². The molecule has 0 bridgehead atoms. The fourth-order valence-corrected chi connectivity index (χ4v) is 1.45. The summed E-state index contributed by atoms with van der Waals surface area (Å²) in [5.41, 5.74) is 0.435. The van der Waals surface area contributed by atoms with Gasteiger partial charge < -0.3 is 10.1 Å². The molecule has 0 unspecified atom stereocenters. The first kappa shape index (κ1) is 16.0. The molecule has 0 spiro atoms. The van der Waals surface area contributed by atoms with Crippen molar-refractivity contribution in [3.8, 4) is 0 Å². The van der Waals surface area contributed by atoms with Crippen LogP contribution in [0.1, 0.15) is 25.5 Å². The number of anilines is 1. The van der Waals surface area contributed by atoms with Gasteiger partial charge in [-0.3, -0.25) is 0 Å². The number of pyridine rings is 1. The van der Waals surface area contributed by atoms with Crippen LogP contribution in [0.5, 0.6) is 0 Å². The number of aromatic nitrogens is 1. The maximum Gasteiger partial charge on any atom is 0.391 e. The van der Waals surface area contributed by atoms with Crippen LogP contribution < -0.4 is 5.32 Å². The zero-order valence-electron chi connectivity index (χ0n) is 10.6. The number of nitrogens with zero attached hydrogens (tertiary/aromatic N) is 1. The molecule has 0 saturated heterocycles. The van der Waals surface area contributed by atoms with E-state index in [1.54, 1.807) is 12.1 Å². The summed E-state index contributed by atoms with van der Waals surface area (Å²) >= 11 is 5.91. The monoisotopic (exact) mass is 296 g/mol. The SMILES string of the molecule is CCCNc1ccc(Cl)c(COCCC(F)(F)F)n1. The van der Waals surface area contributed by atoms with Crippen molar-refractivity contribution in [3.05, 3.63) is 22.8 Å². The number of hydrogen-bond donors (Lipinski definition) is 1. The zero-order valence-corrected chi connectivity index (χ0v) is 11.3. The summed E-state index contributed by atoms with van der Waals surface area (Å²) in [6, 6.07) is 3.37. The Morgan fingerprint density at radius 2 is 2.11 bits per heavy atom. The fourth-order valence-electron chi connectivity index (χ4n) is 1.29. The zero-order chi connectivity index (χ0) is 14.3. The smallest absolute Gasteiger partial charge is 0.375 e. The second kappa shape index (κ2) is 7.55. The quantitative estimate of drug-likeness (QED) is 0.772. The number of halogens is 4. The summed E-state index contributed by atoms with van der Waals surface area (Å²) in [6.45, 7) is 2.36. The molecule has 0 saturated carbocycles. The minimum absolute atomic E-state index is 0.0312. The highest BCUT2D eigenvalue weighted by Gasteiger charge is 2.26. The van der Waals surface area contributed by atoms with Gasteiger partial charge in [0, 0.05) is 6.54 Å². The third kappa shape index (κ3) is 6.63. The van der Waals surface area contributed by atoms with E-state index in [0.29, 0.717) is 16.5 Å². The van der Waals surface area contributed by atoms with Gasteiger partial charge in [-0.1, -0.05) is 18.5 Å². The Labute approximate surface area is 115 Å². The van der Waals surface area contributed by atoms with Gasteiger partial charge in [-0.25, -0.2) is 4.98 Å². The summed E-state index contributed by atoms with van der Waals surface area (Å²) in [5, 5.41) is 3.45. The molecule has 0 aliphatic heterocycles. The summed E-state index contributed by atoms with van der Waals surface area (Å²) in [5.74, 6) is 0.640. The van der Waals surface area contributed by atoms with Gasteiger partial charge in [-0.15, -0.1) is 0 Å². The van der Waals surface area contributed by atoms with E-state index in [-0.39, 0.29) is 6.61 Å². The molecule has 0 atom stereocenters. The van der Waals surface area contributed by atoms with Gasteiger partial charge in [0.2, 0.25) is 0 Å². The molecule has 3 nitrogen and oxygen atoms in total. The van der Waals surface area contributed by atoms with Crippen molar-refractivity contribution in [2.45, 2.75) is 32.5 Å². The second-order valence-electron chi connectivity index (χ2n) is 3.97. The molecule has 0 aliphatic rings. The number of hydrogen-bond acceptors (Lipinski definition) is 3. The molecule has 1 aromatic heterocycles. The highest BCUT2D eigenvalue weighted by Crippen LogP contribution is 2.21. The van der Waals surface area contributed by atoms with Gasteiger partial charge in [0.15, 0.2) is 0 Å². The van der Waals surface area contributed by atoms with E-state index < -0.39 is 19.2 Å². The maximum atomic E-state index is 11.9. The van der Waals surface area contributed by atoms with Crippen LogP contribution in [0.4, 0.5) is 19.0 Å². The first-order valence-electron chi connectivity index (χ1n) is 5.96. The van der Waals surface area contributed by atoms with Gasteiger partial charge in [0.1, 0.15) is 5.82 Å². The van der Waals surface area contributed by atoms with Crippen LogP contribution in [-0.4, -0.2) is 24.3 Å². The van der Waals surface area contributed by atoms with Crippen LogP contribution in [-0.2, 0) is 11.3 Å². The molecule has 0 amide bonds. The first-order chi connectivity index (χ1) is 8.92. The van der Waals surface area contributed by atoms with Crippen LogP contribution in [0.25, 0.3) is 0 Å². The molecular formula is C12H16ClF3N2O. The van der Waals surface area contributed by atoms with Crippen molar-refractivity contribution in [3.63, 3.8) is 0 Å². The molecule has 1 aromatic rings. The van der Waals surface area contributed by atoms with Crippen molar-refractivity contribution in [1.82, 2.24) is 4.98 Å². The predicted molar refractivity (Wildman–Crippen MR) is 68.4 cm³/mol. The van der Waals surface area contributed by atoms with Gasteiger partial charge in [-0.2, -0.15) is 13.2 Å². The van der Waals surface area contributed by atoms with Crippen LogP contribution >= 0.6 is 11.6 Å². The number of alkyl halides is 3. The Bertz CT molecular complexity index is 399. The minimum atomic E-state index is -4.21. The summed E-state index contributed by atoms with van der Waals surface area (Å²) in [7, 11) is 0. The standard InChI is InChI=1S/C12H16ClF3N2O/c1-2-6-17-11-4-3-9(13)10(18-11)8-19-7-5-12(14,15)16/h3-4H,2,5-8H2,1H3,(H,17,18). The second-order valence-corrected chi connectivity index (χ2v) is 4.38. The van der Waals surface area contributed by atoms with E-state index in [4.69, 9.17) is 16.3 Å². The lowest BCUT2D eigenvalue weighted by atomic mass is 10.3. The molecule has 1 rings (SSSR count). The summed E-state index contributed by atoms with van der Waals surface area (Å²) in [6.07, 6.45) is -4.23. The van der Waals surface area contributed by atoms with Crippen LogP contribution in [0.3, 0.4) is 0 Å². The van der Waals surface area contributed by atoms with E-state index in [2.05, 4.69) is 10.3 Å². The van der Waals surface area contributed by atoms with Crippen molar-refractivity contribution in [1.29, 1.82) is 0 Å². The molecule has 1 heterocycles. The van der Waals surface area contributed by atoms with E-state index in [0.717, 1.165) is 13.0 Å². The Morgan fingerprint density at radius 1 is 1.37 bits per heavy atom. The van der Waals surface area contributed by atoms with Gasteiger partial charge in [-0.05, 0) is 18.6 Å². The lowest BCUT2D eigenvalue weighted by Gasteiger charge is -2.10. The maximum absolute atomic E-state index is 11.9. The van der Waals surface area contributed by atoms with Crippen molar-refractivity contribution < 1.29 is 17.9 Å². The third-order valence-corrected chi connectivity index (χ3v) is 2.59. The molecular weight excluding hydrogens is 281 g/mol. The molecule has 0 aromatic carbocycles. The Balaban J connectivity index is 2.47. The fraction of sp³-hybridized carbons (Fsp3) is 0.583. The minimum Gasteiger partial charge on any atom is -0.375 e. The Hall–Kier alpha value is -1.01. The average Bonchev–Trinajstić information content (AvgIpc) is 2.33. The number of nitrogens with one attached hydrogen (secondary N) is 1. The normalized spacial score (nSPS) is 11.6. The van der Waals surface area contributed by atoms with Gasteiger partial charge >= 0.3 is 6.18 Å². The molecule has 0 aliphatic carbocycles. The summed E-state index contributed by atoms with van der Waals surface area (Å²) < 4.78 is 40.7. The molecule has 7 heteroatoms. The van der Waals surface area contributed by atoms with Crippen LogP contribution in [0, 0.1) is 0 Å². The van der Waals surface area contributed by atoms with Crippen molar-refractivity contribution in [2.24, 2.45) is 0 Å². The predicted octanol–water partition coefficient (Wildman–Crippen LogP) is 4.03. The topological polar surface area (TPSA) is 34.1 Å². The van der Waals surface area contributed by atoms with E-state index in [9.17, 15) is 13.2 Å². The van der Waals surface area contributed by atoms with Gasteiger partial charge in [0.05, 0.1) is 30.4 Å². The van der Waals surface area contributed by atoms with Crippen molar-refractivity contribution >= 4 is 17.4 Å². The highest BCUT2D eigenvalue weighted by molar-refractivity contribution is 6.31. The average molecular weight is 297 g/mol. The van der Waals surface area contributed by atoms with Crippen molar-refractivity contribution in [2.75, 3.05) is 18.5 Å². The molecule has 19 heavy (non-hydrogen) atoms. The van der Waals surface area contributed by atoms with Crippen LogP contribution in [0.2, 0.25) is 5.02 Å². The lowest BCUT2D eigenvalue weighted by molar-refractivity contribution is -0.146. The number of rotatable bonds is 7. The van der Waals surface area contributed by atoms with Gasteiger partial charge in [0.25, 0.3) is 0 Å². The number of ether oxygens (including phenoxy) is 1. The summed E-state index contributed by atoms with van der Waals surface area (Å²) in [4.78, 5) is 4.19. The Kier molecular flexibility index (Phi) is 6.37. The molecule has 0 fully saturated rings. The molecule has 0 radical (unpaired) electrons. The van der Waals surface area contributed by atoms with E-state index >= 15 is 0 Å². The Morgan fingerprint density at radius 3 is 2.74 bits per heavy atom. The first-order valence-corrected chi connectivity index (χ1v) is 6.34. The molecule has 1 N–H and O–H groups in total. The largest absolute Gasteiger partial charge is 0.391 e.